The van der Waals surface area contributed by atoms with Crippen LogP contribution in [-0.2, 0) is 17.8 Å². The molecule has 0 N–H and O–H groups in total. The minimum Gasteiger partial charge on any atom is -0.343 e. The quantitative estimate of drug-likeness (QED) is 0.793. The molecule has 4 rings (SSSR count). The number of hydrogen-bond donors (Lipinski definition) is 0. The highest BCUT2D eigenvalue weighted by Gasteiger charge is 2.35. The third-order valence-electron chi connectivity index (χ3n) is 4.58. The van der Waals surface area contributed by atoms with Gasteiger partial charge < -0.3 is 4.57 Å². The Morgan fingerprint density at radius 3 is 3.10 bits per heavy atom. The van der Waals surface area contributed by atoms with E-state index >= 15 is 0 Å². The van der Waals surface area contributed by atoms with Crippen molar-refractivity contribution < 1.29 is 4.84 Å². The number of rotatable bonds is 3. The van der Waals surface area contributed by atoms with Crippen molar-refractivity contribution in [2.45, 2.75) is 31.8 Å². The molecular weight excluding hydrogens is 248 g/mol. The van der Waals surface area contributed by atoms with Gasteiger partial charge >= 0.3 is 0 Å². The molecule has 104 valence electrons. The highest BCUT2D eigenvalue weighted by Crippen LogP contribution is 2.42. The molecule has 1 unspecified atom stereocenters. The highest BCUT2D eigenvalue weighted by atomic mass is 16.7. The van der Waals surface area contributed by atoms with Crippen molar-refractivity contribution in [3.63, 3.8) is 0 Å². The number of hydrogen-bond acceptors (Lipinski definition) is 2. The topological polar surface area (TPSA) is 17.4 Å². The minimum atomic E-state index is 0.417. The lowest BCUT2D eigenvalue weighted by Gasteiger charge is -2.38. The predicted octanol–water partition coefficient (Wildman–Crippen LogP) is 3.45. The Hall–Kier alpha value is -1.58. The normalized spacial score (nSPS) is 21.9. The van der Waals surface area contributed by atoms with Crippen LogP contribution in [0.1, 0.15) is 30.1 Å². The van der Waals surface area contributed by atoms with Gasteiger partial charge in [-0.05, 0) is 30.9 Å². The maximum Gasteiger partial charge on any atom is 0.0864 e. The van der Waals surface area contributed by atoms with Crippen molar-refractivity contribution in [2.24, 2.45) is 0 Å². The predicted molar refractivity (Wildman–Crippen MR) is 80.5 cm³/mol. The number of nitrogens with zero attached hydrogens (tertiary/aromatic N) is 2. The number of aryl methyl sites for hydroxylation is 1. The largest absolute Gasteiger partial charge is 0.343 e. The van der Waals surface area contributed by atoms with Crippen molar-refractivity contribution in [1.29, 1.82) is 0 Å². The second-order valence-corrected chi connectivity index (χ2v) is 5.67. The molecule has 0 bridgehead atoms. The Kier molecular flexibility index (Phi) is 2.90. The molecule has 1 aromatic heterocycles. The van der Waals surface area contributed by atoms with Crippen LogP contribution in [0.2, 0.25) is 0 Å². The van der Waals surface area contributed by atoms with Crippen molar-refractivity contribution >= 4 is 10.9 Å². The summed E-state index contributed by atoms with van der Waals surface area (Å²) < 4.78 is 2.52. The smallest absolute Gasteiger partial charge is 0.0864 e. The summed E-state index contributed by atoms with van der Waals surface area (Å²) in [5, 5.41) is 3.62. The lowest BCUT2D eigenvalue weighted by Crippen LogP contribution is -2.38. The second-order valence-electron chi connectivity index (χ2n) is 5.67. The lowest BCUT2D eigenvalue weighted by molar-refractivity contribution is -0.187. The van der Waals surface area contributed by atoms with E-state index in [1.165, 1.54) is 29.4 Å². The van der Waals surface area contributed by atoms with Gasteiger partial charge in [0.15, 0.2) is 0 Å². The SMILES string of the molecule is C=CCON1CCc2c3n(c4ccccc24)CCCC31. The molecule has 2 aromatic rings. The van der Waals surface area contributed by atoms with Crippen LogP contribution in [0.3, 0.4) is 0 Å². The third-order valence-corrected chi connectivity index (χ3v) is 4.58. The Labute approximate surface area is 119 Å². The van der Waals surface area contributed by atoms with Gasteiger partial charge in [-0.15, -0.1) is 6.58 Å². The molecular formula is C17H20N2O. The fourth-order valence-electron chi connectivity index (χ4n) is 3.82. The van der Waals surface area contributed by atoms with Gasteiger partial charge in [-0.2, -0.15) is 5.06 Å². The number of para-hydroxylation sites is 1. The van der Waals surface area contributed by atoms with Crippen molar-refractivity contribution in [3.8, 4) is 0 Å². The van der Waals surface area contributed by atoms with E-state index in [0.29, 0.717) is 12.6 Å². The van der Waals surface area contributed by atoms with Crippen LogP contribution < -0.4 is 0 Å². The van der Waals surface area contributed by atoms with Crippen LogP contribution in [-0.4, -0.2) is 22.8 Å². The van der Waals surface area contributed by atoms with Crippen molar-refractivity contribution in [2.75, 3.05) is 13.2 Å². The maximum absolute atomic E-state index is 5.88. The molecule has 3 nitrogen and oxygen atoms in total. The fraction of sp³-hybridized carbons (Fsp3) is 0.412. The van der Waals surface area contributed by atoms with E-state index in [9.17, 15) is 0 Å². The molecule has 3 heterocycles. The summed E-state index contributed by atoms with van der Waals surface area (Å²) in [4.78, 5) is 5.88. The zero-order valence-electron chi connectivity index (χ0n) is 11.7. The number of benzene rings is 1. The second kappa shape index (κ2) is 4.76. The molecule has 1 atom stereocenters. The molecule has 2 aliphatic rings. The third kappa shape index (κ3) is 1.67. The average Bonchev–Trinajstić information content (AvgIpc) is 2.83. The van der Waals surface area contributed by atoms with Gasteiger partial charge in [-0.1, -0.05) is 24.3 Å². The molecule has 0 amide bonds. The van der Waals surface area contributed by atoms with E-state index in [-0.39, 0.29) is 0 Å². The monoisotopic (exact) mass is 268 g/mol. The standard InChI is InChI=1S/C17H20N2O/c1-2-12-20-19-11-9-14-13-6-3-4-7-15(13)18-10-5-8-16(19)17(14)18/h2-4,6-7,16H,1,5,8-12H2. The van der Waals surface area contributed by atoms with E-state index in [4.69, 9.17) is 4.84 Å². The minimum absolute atomic E-state index is 0.417. The molecule has 0 spiro atoms. The zero-order valence-corrected chi connectivity index (χ0v) is 11.7. The molecule has 0 saturated carbocycles. The number of fused-ring (bicyclic) bond motifs is 3. The van der Waals surface area contributed by atoms with Crippen molar-refractivity contribution in [3.05, 3.63) is 48.2 Å². The molecule has 1 aromatic carbocycles. The molecule has 3 heteroatoms. The van der Waals surface area contributed by atoms with Crippen LogP contribution in [0.15, 0.2) is 36.9 Å². The first-order chi connectivity index (χ1) is 9.90. The van der Waals surface area contributed by atoms with E-state index in [1.54, 1.807) is 5.56 Å². The first-order valence-electron chi connectivity index (χ1n) is 7.50. The first-order valence-corrected chi connectivity index (χ1v) is 7.50. The summed E-state index contributed by atoms with van der Waals surface area (Å²) in [5.41, 5.74) is 4.43. The molecule has 0 fully saturated rings. The van der Waals surface area contributed by atoms with Gasteiger partial charge in [-0.3, -0.25) is 4.84 Å². The van der Waals surface area contributed by atoms with Gasteiger partial charge in [0.2, 0.25) is 0 Å². The molecule has 0 radical (unpaired) electrons. The van der Waals surface area contributed by atoms with Crippen LogP contribution in [0.5, 0.6) is 0 Å². The number of hydroxylamine groups is 2. The van der Waals surface area contributed by atoms with Gasteiger partial charge in [0.05, 0.1) is 12.6 Å². The Bertz CT molecular complexity index is 625. The van der Waals surface area contributed by atoms with Gasteiger partial charge in [-0.25, -0.2) is 0 Å². The molecule has 0 saturated heterocycles. The van der Waals surface area contributed by atoms with E-state index in [0.717, 1.165) is 19.5 Å². The summed E-state index contributed by atoms with van der Waals surface area (Å²) in [6.45, 7) is 6.48. The lowest BCUT2D eigenvalue weighted by atomic mass is 9.94. The summed E-state index contributed by atoms with van der Waals surface area (Å²) in [5.74, 6) is 0. The van der Waals surface area contributed by atoms with E-state index in [1.807, 2.05) is 6.08 Å². The number of aromatic nitrogens is 1. The van der Waals surface area contributed by atoms with Gasteiger partial charge in [0, 0.05) is 29.7 Å². The highest BCUT2D eigenvalue weighted by molar-refractivity contribution is 5.86. The van der Waals surface area contributed by atoms with Crippen LogP contribution in [0, 0.1) is 0 Å². The molecule has 0 aliphatic carbocycles. The zero-order chi connectivity index (χ0) is 13.5. The summed E-state index contributed by atoms with van der Waals surface area (Å²) >= 11 is 0. The van der Waals surface area contributed by atoms with Gasteiger partial charge in [0.1, 0.15) is 0 Å². The molecule has 2 aliphatic heterocycles. The fourth-order valence-corrected chi connectivity index (χ4v) is 3.82. The first kappa shape index (κ1) is 12.2. The van der Waals surface area contributed by atoms with Gasteiger partial charge in [0.25, 0.3) is 0 Å². The average molecular weight is 268 g/mol. The molecule has 20 heavy (non-hydrogen) atoms. The van der Waals surface area contributed by atoms with E-state index in [2.05, 4.69) is 40.5 Å². The summed E-state index contributed by atoms with van der Waals surface area (Å²) in [6.07, 6.45) is 5.33. The van der Waals surface area contributed by atoms with Crippen molar-refractivity contribution in [1.82, 2.24) is 9.63 Å². The maximum atomic E-state index is 5.88. The Balaban J connectivity index is 1.84. The summed E-state index contributed by atoms with van der Waals surface area (Å²) in [7, 11) is 0. The van der Waals surface area contributed by atoms with Crippen LogP contribution in [0.25, 0.3) is 10.9 Å². The Morgan fingerprint density at radius 1 is 1.30 bits per heavy atom. The van der Waals surface area contributed by atoms with Crippen LogP contribution >= 0.6 is 0 Å². The van der Waals surface area contributed by atoms with E-state index < -0.39 is 0 Å². The summed E-state index contributed by atoms with van der Waals surface area (Å²) in [6, 6.07) is 9.24. The van der Waals surface area contributed by atoms with Crippen LogP contribution in [0.4, 0.5) is 0 Å². The Morgan fingerprint density at radius 2 is 2.20 bits per heavy atom.